The number of carbonyl (C=O) groups excluding carboxylic acids is 2. The van der Waals surface area contributed by atoms with E-state index in [1.165, 1.54) is 16.9 Å². The van der Waals surface area contributed by atoms with E-state index >= 15 is 0 Å². The molecule has 1 saturated carbocycles. The molecule has 0 radical (unpaired) electrons. The van der Waals surface area contributed by atoms with Crippen LogP contribution in [0, 0.1) is 23.2 Å². The van der Waals surface area contributed by atoms with Gasteiger partial charge in [0.15, 0.2) is 0 Å². The Hall–Kier alpha value is -2.18. The van der Waals surface area contributed by atoms with Crippen LogP contribution in [0.5, 0.6) is 0 Å². The number of nitrogens with zero attached hydrogens (tertiary/aromatic N) is 1. The first kappa shape index (κ1) is 34.7. The number of esters is 1. The number of hydrogen-bond acceptors (Lipinski definition) is 7. The molecule has 8 heteroatoms. The second-order valence-corrected chi connectivity index (χ2v) is 15.4. The first-order valence-corrected chi connectivity index (χ1v) is 17.3. The number of rotatable bonds is 10. The summed E-state index contributed by atoms with van der Waals surface area (Å²) in [4.78, 5) is 31.2. The summed E-state index contributed by atoms with van der Waals surface area (Å²) in [7, 11) is 0. The monoisotopic (exact) mass is 627 g/mol. The molecule has 7 nitrogen and oxygen atoms in total. The number of carbonyl (C=O) groups is 2. The number of thiophene rings is 1. The Balaban J connectivity index is 1.68. The van der Waals surface area contributed by atoms with Crippen molar-refractivity contribution in [3.8, 4) is 11.8 Å². The van der Waals surface area contributed by atoms with E-state index in [1.807, 2.05) is 24.8 Å². The van der Waals surface area contributed by atoms with Crippen molar-refractivity contribution in [1.82, 2.24) is 0 Å². The van der Waals surface area contributed by atoms with E-state index in [0.717, 1.165) is 62.9 Å². The maximum Gasteiger partial charge on any atom is 0.350 e. The summed E-state index contributed by atoms with van der Waals surface area (Å²) in [5.41, 5.74) is 1.36. The lowest BCUT2D eigenvalue weighted by molar-refractivity contribution is -0.153. The number of ether oxygens (including phenoxy) is 4. The van der Waals surface area contributed by atoms with Gasteiger partial charge in [0, 0.05) is 24.0 Å². The molecule has 2 aliphatic carbocycles. The van der Waals surface area contributed by atoms with Gasteiger partial charge in [0.2, 0.25) is 5.91 Å². The van der Waals surface area contributed by atoms with E-state index in [2.05, 4.69) is 59.5 Å². The zero-order valence-corrected chi connectivity index (χ0v) is 28.9. The molecule has 0 unspecified atom stereocenters. The Labute approximate surface area is 269 Å². The second kappa shape index (κ2) is 14.9. The van der Waals surface area contributed by atoms with Crippen LogP contribution in [-0.4, -0.2) is 61.7 Å². The molecule has 44 heavy (non-hydrogen) atoms. The average Bonchev–Trinajstić information content (AvgIpc) is 3.62. The molecule has 1 aliphatic heterocycles. The van der Waals surface area contributed by atoms with Crippen molar-refractivity contribution in [2.75, 3.05) is 24.7 Å². The van der Waals surface area contributed by atoms with Gasteiger partial charge in [0.1, 0.15) is 4.88 Å². The standard InChI is InChI=1S/C36H53NO6S/c1-24(2)42-34(39)32-31(21-30(44-32)15-17-35(6,7)8)37(33(38)27-11-9-26(5)10-12-27)28-13-18-36(19-14-28,43-25(3)4)23-41-29-16-20-40-22-29/h9,21,24-25,27-29H,10-14,16,18-20,22-23H2,1-8H3/t27-,28-,29-,36-/m0/s1. The zero-order chi connectivity index (χ0) is 32.1. The van der Waals surface area contributed by atoms with E-state index in [4.69, 9.17) is 18.9 Å². The average molecular weight is 628 g/mol. The van der Waals surface area contributed by atoms with E-state index in [-0.39, 0.29) is 41.6 Å². The molecule has 1 amide bonds. The predicted octanol–water partition coefficient (Wildman–Crippen LogP) is 7.70. The topological polar surface area (TPSA) is 74.3 Å². The number of anilines is 1. The first-order chi connectivity index (χ1) is 20.7. The molecule has 2 fully saturated rings. The molecular formula is C36H53NO6S. The smallest absolute Gasteiger partial charge is 0.350 e. The fourth-order valence-corrected chi connectivity index (χ4v) is 7.15. The number of amides is 1. The van der Waals surface area contributed by atoms with Gasteiger partial charge >= 0.3 is 5.97 Å². The molecule has 244 valence electrons. The number of hydrogen-bond donors (Lipinski definition) is 0. The predicted molar refractivity (Wildman–Crippen MR) is 176 cm³/mol. The molecular weight excluding hydrogens is 574 g/mol. The van der Waals surface area contributed by atoms with E-state index < -0.39 is 11.6 Å². The van der Waals surface area contributed by atoms with Crippen LogP contribution in [-0.2, 0) is 23.7 Å². The molecule has 0 N–H and O–H groups in total. The Bertz CT molecular complexity index is 1230. The van der Waals surface area contributed by atoms with Crippen molar-refractivity contribution >= 4 is 28.9 Å². The summed E-state index contributed by atoms with van der Waals surface area (Å²) in [6.45, 7) is 18.0. The van der Waals surface area contributed by atoms with Gasteiger partial charge in [-0.3, -0.25) is 4.79 Å². The first-order valence-electron chi connectivity index (χ1n) is 16.5. The zero-order valence-electron chi connectivity index (χ0n) is 28.1. The van der Waals surface area contributed by atoms with Crippen LogP contribution in [0.4, 0.5) is 5.69 Å². The van der Waals surface area contributed by atoms with Gasteiger partial charge in [-0.05, 0) is 113 Å². The van der Waals surface area contributed by atoms with Crippen molar-refractivity contribution in [2.24, 2.45) is 11.3 Å². The maximum absolute atomic E-state index is 14.5. The van der Waals surface area contributed by atoms with E-state index in [0.29, 0.717) is 23.8 Å². The van der Waals surface area contributed by atoms with Gasteiger partial charge in [-0.2, -0.15) is 0 Å². The minimum Gasteiger partial charge on any atom is -0.459 e. The molecule has 0 spiro atoms. The van der Waals surface area contributed by atoms with Crippen LogP contribution in [0.25, 0.3) is 0 Å². The highest BCUT2D eigenvalue weighted by atomic mass is 32.1. The van der Waals surface area contributed by atoms with Gasteiger partial charge in [0.05, 0.1) is 47.7 Å². The van der Waals surface area contributed by atoms with Crippen molar-refractivity contribution < 1.29 is 28.5 Å². The fraction of sp³-hybridized carbons (Fsp3) is 0.722. The molecule has 2 heterocycles. The van der Waals surface area contributed by atoms with E-state index in [9.17, 15) is 9.59 Å². The van der Waals surface area contributed by atoms with Crippen molar-refractivity contribution in [3.63, 3.8) is 0 Å². The summed E-state index contributed by atoms with van der Waals surface area (Å²) in [5, 5.41) is 0. The summed E-state index contributed by atoms with van der Waals surface area (Å²) in [5.74, 6) is 6.14. The van der Waals surface area contributed by atoms with Crippen molar-refractivity contribution in [1.29, 1.82) is 0 Å². The van der Waals surface area contributed by atoms with Crippen molar-refractivity contribution in [3.05, 3.63) is 27.5 Å². The van der Waals surface area contributed by atoms with Gasteiger partial charge in [0.25, 0.3) is 0 Å². The SMILES string of the molecule is CC1=CC[C@H](C(=O)N(c2cc(C#CC(C)(C)C)sc2C(=O)OC(C)C)[C@H]2CC[C@](CO[C@H]3CCOC3)(OC(C)C)CC2)CC1. The molecule has 3 aliphatic rings. The summed E-state index contributed by atoms with van der Waals surface area (Å²) in [6.07, 6.45) is 8.48. The summed E-state index contributed by atoms with van der Waals surface area (Å²) < 4.78 is 24.1. The fourth-order valence-electron chi connectivity index (χ4n) is 6.26. The molecule has 1 aromatic rings. The quantitative estimate of drug-likeness (QED) is 0.150. The number of allylic oxidation sites excluding steroid dienone is 2. The lowest BCUT2D eigenvalue weighted by Crippen LogP contribution is -2.51. The Kier molecular flexibility index (Phi) is 11.8. The van der Waals surface area contributed by atoms with Crippen LogP contribution in [0.1, 0.15) is 121 Å². The lowest BCUT2D eigenvalue weighted by Gasteiger charge is -2.45. The second-order valence-electron chi connectivity index (χ2n) is 14.4. The molecule has 1 aromatic heterocycles. The summed E-state index contributed by atoms with van der Waals surface area (Å²) in [6, 6.07) is 1.87. The van der Waals surface area contributed by atoms with Crippen molar-refractivity contribution in [2.45, 2.75) is 137 Å². The highest BCUT2D eigenvalue weighted by molar-refractivity contribution is 7.15. The van der Waals surface area contributed by atoms with Gasteiger partial charge in [-0.25, -0.2) is 4.79 Å². The van der Waals surface area contributed by atoms with Crippen LogP contribution in [0.15, 0.2) is 17.7 Å². The van der Waals surface area contributed by atoms with Gasteiger partial charge < -0.3 is 23.8 Å². The minimum absolute atomic E-state index is 0.0585. The molecule has 0 bridgehead atoms. The Morgan fingerprint density at radius 2 is 1.84 bits per heavy atom. The lowest BCUT2D eigenvalue weighted by atomic mass is 9.80. The molecule has 0 aromatic carbocycles. The van der Waals surface area contributed by atoms with Crippen LogP contribution >= 0.6 is 11.3 Å². The summed E-state index contributed by atoms with van der Waals surface area (Å²) >= 11 is 1.33. The third kappa shape index (κ3) is 9.42. The van der Waals surface area contributed by atoms with Crippen LogP contribution in [0.2, 0.25) is 0 Å². The van der Waals surface area contributed by atoms with Gasteiger partial charge in [-0.1, -0.05) is 23.5 Å². The highest BCUT2D eigenvalue weighted by Crippen LogP contribution is 2.42. The molecule has 2 atom stereocenters. The van der Waals surface area contributed by atoms with Crippen LogP contribution < -0.4 is 4.90 Å². The highest BCUT2D eigenvalue weighted by Gasteiger charge is 2.43. The van der Waals surface area contributed by atoms with Gasteiger partial charge in [-0.15, -0.1) is 11.3 Å². The maximum atomic E-state index is 14.5. The largest absolute Gasteiger partial charge is 0.459 e. The third-order valence-corrected chi connectivity index (χ3v) is 9.49. The molecule has 1 saturated heterocycles. The minimum atomic E-state index is -0.413. The third-order valence-electron chi connectivity index (χ3n) is 8.47. The van der Waals surface area contributed by atoms with E-state index in [1.54, 1.807) is 0 Å². The van der Waals surface area contributed by atoms with Crippen LogP contribution in [0.3, 0.4) is 0 Å². The Morgan fingerprint density at radius 1 is 1.11 bits per heavy atom. The Morgan fingerprint density at radius 3 is 2.41 bits per heavy atom. The normalized spacial score (nSPS) is 25.9. The molecule has 4 rings (SSSR count).